The number of rotatable bonds is 9. The highest BCUT2D eigenvalue weighted by molar-refractivity contribution is 14.0. The molecule has 3 N–H and O–H groups in total. The zero-order chi connectivity index (χ0) is 22.9. The number of aliphatic imine (C=N–C) groups is 1. The Bertz CT molecular complexity index is 666. The summed E-state index contributed by atoms with van der Waals surface area (Å²) >= 11 is 0. The summed E-state index contributed by atoms with van der Waals surface area (Å²) in [5.41, 5.74) is 2.32. The molecule has 1 aromatic rings. The second-order valence-corrected chi connectivity index (χ2v) is 9.83. The number of guanidine groups is 1. The Morgan fingerprint density at radius 2 is 1.62 bits per heavy atom. The van der Waals surface area contributed by atoms with Crippen LogP contribution in [0.2, 0.25) is 0 Å². The minimum Gasteiger partial charge on any atom is -0.387 e. The fourth-order valence-corrected chi connectivity index (χ4v) is 3.89. The molecule has 1 aliphatic rings. The number of nitrogens with zero attached hydrogens (tertiary/aromatic N) is 3. The summed E-state index contributed by atoms with van der Waals surface area (Å²) in [6.45, 7) is 22.1. The molecule has 0 radical (unpaired) electrons. The number of hydrogen-bond acceptors (Lipinski definition) is 4. The lowest BCUT2D eigenvalue weighted by Crippen LogP contribution is -2.47. The highest BCUT2D eigenvalue weighted by Gasteiger charge is 2.18. The molecule has 184 valence electrons. The van der Waals surface area contributed by atoms with Crippen molar-refractivity contribution in [1.29, 1.82) is 0 Å². The fourth-order valence-electron chi connectivity index (χ4n) is 3.89. The average molecular weight is 560 g/mol. The molecule has 6 nitrogen and oxygen atoms in total. The van der Waals surface area contributed by atoms with E-state index in [0.29, 0.717) is 12.5 Å². The van der Waals surface area contributed by atoms with Gasteiger partial charge in [-0.25, -0.2) is 0 Å². The molecule has 1 saturated heterocycles. The van der Waals surface area contributed by atoms with Crippen molar-refractivity contribution < 1.29 is 5.11 Å². The second kappa shape index (κ2) is 14.4. The third-order valence-corrected chi connectivity index (χ3v) is 6.01. The van der Waals surface area contributed by atoms with Crippen LogP contribution in [0.4, 0.5) is 0 Å². The summed E-state index contributed by atoms with van der Waals surface area (Å²) in [5.74, 6) is 1.27. The van der Waals surface area contributed by atoms with E-state index in [2.05, 4.69) is 74.1 Å². The van der Waals surface area contributed by atoms with E-state index in [9.17, 15) is 5.11 Å². The molecular weight excluding hydrogens is 513 g/mol. The lowest BCUT2D eigenvalue weighted by molar-refractivity contribution is 0.125. The largest absolute Gasteiger partial charge is 0.387 e. The number of piperazine rings is 1. The van der Waals surface area contributed by atoms with E-state index in [4.69, 9.17) is 4.99 Å². The van der Waals surface area contributed by atoms with Crippen molar-refractivity contribution in [2.24, 2.45) is 10.9 Å². The highest BCUT2D eigenvalue weighted by Crippen LogP contribution is 2.23. The summed E-state index contributed by atoms with van der Waals surface area (Å²) in [6.07, 6.45) is -0.565. The van der Waals surface area contributed by atoms with E-state index in [1.54, 1.807) is 0 Å². The molecule has 1 aliphatic heterocycles. The topological polar surface area (TPSA) is 63.1 Å². The van der Waals surface area contributed by atoms with Crippen LogP contribution < -0.4 is 10.6 Å². The standard InChI is InChI=1S/C25H45N5O.HI/c1-7-26-24(27-17-20(3)19-30-15-13-29(8-2)14-16-30)28-18-23(31)21-9-11-22(12-10-21)25(4,5)6;/h9-12,20,23,31H,7-8,13-19H2,1-6H3,(H2,26,27,28);1H. The lowest BCUT2D eigenvalue weighted by Gasteiger charge is -2.35. The van der Waals surface area contributed by atoms with Gasteiger partial charge in [0.15, 0.2) is 5.96 Å². The normalized spacial score (nSPS) is 18.0. The van der Waals surface area contributed by atoms with Gasteiger partial charge >= 0.3 is 0 Å². The van der Waals surface area contributed by atoms with Gasteiger partial charge in [-0.2, -0.15) is 0 Å². The summed E-state index contributed by atoms with van der Waals surface area (Å²) in [5, 5.41) is 17.2. The minimum atomic E-state index is -0.565. The zero-order valence-corrected chi connectivity index (χ0v) is 23.4. The van der Waals surface area contributed by atoms with Gasteiger partial charge in [-0.3, -0.25) is 4.99 Å². The number of nitrogens with one attached hydrogen (secondary N) is 2. The Morgan fingerprint density at radius 1 is 1.03 bits per heavy atom. The third-order valence-electron chi connectivity index (χ3n) is 6.01. The molecule has 0 aromatic heterocycles. The molecule has 0 amide bonds. The predicted octanol–water partition coefficient (Wildman–Crippen LogP) is 3.46. The van der Waals surface area contributed by atoms with Crippen LogP contribution >= 0.6 is 24.0 Å². The molecule has 0 bridgehead atoms. The van der Waals surface area contributed by atoms with Crippen LogP contribution in [-0.2, 0) is 5.41 Å². The van der Waals surface area contributed by atoms with E-state index in [1.165, 1.54) is 18.7 Å². The Kier molecular flexibility index (Phi) is 13.1. The monoisotopic (exact) mass is 559 g/mol. The minimum absolute atomic E-state index is 0. The molecule has 1 fully saturated rings. The van der Waals surface area contributed by atoms with E-state index in [-0.39, 0.29) is 29.4 Å². The maximum absolute atomic E-state index is 10.6. The number of aliphatic hydroxyl groups excluding tert-OH is 1. The van der Waals surface area contributed by atoms with Crippen molar-refractivity contribution in [2.75, 3.05) is 58.9 Å². The van der Waals surface area contributed by atoms with Gasteiger partial charge in [-0.15, -0.1) is 24.0 Å². The molecule has 2 unspecified atom stereocenters. The summed E-state index contributed by atoms with van der Waals surface area (Å²) < 4.78 is 0. The number of benzene rings is 1. The zero-order valence-electron chi connectivity index (χ0n) is 21.0. The van der Waals surface area contributed by atoms with Crippen molar-refractivity contribution in [1.82, 2.24) is 20.4 Å². The van der Waals surface area contributed by atoms with Crippen LogP contribution in [0.3, 0.4) is 0 Å². The van der Waals surface area contributed by atoms with Crippen LogP contribution in [0.5, 0.6) is 0 Å². The van der Waals surface area contributed by atoms with Crippen LogP contribution in [-0.4, -0.2) is 79.8 Å². The van der Waals surface area contributed by atoms with Crippen molar-refractivity contribution in [3.63, 3.8) is 0 Å². The van der Waals surface area contributed by atoms with Crippen molar-refractivity contribution in [2.45, 2.75) is 53.1 Å². The van der Waals surface area contributed by atoms with Crippen LogP contribution in [0.25, 0.3) is 0 Å². The highest BCUT2D eigenvalue weighted by atomic mass is 127. The Morgan fingerprint density at radius 3 is 2.16 bits per heavy atom. The molecule has 32 heavy (non-hydrogen) atoms. The Hall–Kier alpha value is -0.900. The maximum atomic E-state index is 10.6. The van der Waals surface area contributed by atoms with Gasteiger partial charge in [-0.05, 0) is 35.9 Å². The van der Waals surface area contributed by atoms with Crippen LogP contribution in [0.15, 0.2) is 29.3 Å². The lowest BCUT2D eigenvalue weighted by atomic mass is 9.86. The van der Waals surface area contributed by atoms with Crippen molar-refractivity contribution in [3.8, 4) is 0 Å². The summed E-state index contributed by atoms with van der Waals surface area (Å²) in [7, 11) is 0. The van der Waals surface area contributed by atoms with Gasteiger partial charge in [0.05, 0.1) is 6.10 Å². The van der Waals surface area contributed by atoms with Crippen LogP contribution in [0.1, 0.15) is 58.8 Å². The maximum Gasteiger partial charge on any atom is 0.191 e. The molecule has 1 aromatic carbocycles. The molecule has 0 saturated carbocycles. The molecule has 7 heteroatoms. The number of likely N-dealkylation sites (N-methyl/N-ethyl adjacent to an activating group) is 1. The average Bonchev–Trinajstić information content (AvgIpc) is 2.75. The van der Waals surface area contributed by atoms with E-state index < -0.39 is 6.10 Å². The number of hydrogen-bond donors (Lipinski definition) is 3. The van der Waals surface area contributed by atoms with Gasteiger partial charge < -0.3 is 25.5 Å². The second-order valence-electron chi connectivity index (χ2n) is 9.83. The first-order chi connectivity index (χ1) is 14.7. The fraction of sp³-hybridized carbons (Fsp3) is 0.720. The van der Waals surface area contributed by atoms with Crippen molar-refractivity contribution >= 4 is 29.9 Å². The Balaban J connectivity index is 0.00000512. The van der Waals surface area contributed by atoms with Crippen LogP contribution in [0, 0.1) is 5.92 Å². The molecular formula is C25H46IN5O. The quantitative estimate of drug-likeness (QED) is 0.246. The summed E-state index contributed by atoms with van der Waals surface area (Å²) in [6, 6.07) is 8.27. The van der Waals surface area contributed by atoms with Gasteiger partial charge in [-0.1, -0.05) is 58.9 Å². The number of aliphatic hydroxyl groups is 1. The van der Waals surface area contributed by atoms with E-state index in [1.807, 2.05) is 12.1 Å². The van der Waals surface area contributed by atoms with Gasteiger partial charge in [0.25, 0.3) is 0 Å². The predicted molar refractivity (Wildman–Crippen MR) is 147 cm³/mol. The smallest absolute Gasteiger partial charge is 0.191 e. The molecule has 0 spiro atoms. The molecule has 0 aliphatic carbocycles. The molecule has 1 heterocycles. The molecule has 2 atom stereocenters. The van der Waals surface area contributed by atoms with E-state index >= 15 is 0 Å². The number of halogens is 1. The molecule has 2 rings (SSSR count). The Labute approximate surface area is 213 Å². The van der Waals surface area contributed by atoms with Gasteiger partial charge in [0.2, 0.25) is 0 Å². The summed E-state index contributed by atoms with van der Waals surface area (Å²) in [4.78, 5) is 9.83. The van der Waals surface area contributed by atoms with E-state index in [0.717, 1.165) is 50.8 Å². The van der Waals surface area contributed by atoms with Gasteiger partial charge in [0, 0.05) is 52.4 Å². The SMILES string of the molecule is CCNC(=NCC(C)CN1CCN(CC)CC1)NCC(O)c1ccc(C(C)(C)C)cc1.I. The first kappa shape index (κ1) is 29.1. The van der Waals surface area contributed by atoms with Gasteiger partial charge in [0.1, 0.15) is 0 Å². The van der Waals surface area contributed by atoms with Crippen molar-refractivity contribution in [3.05, 3.63) is 35.4 Å². The first-order valence-electron chi connectivity index (χ1n) is 12.0. The third kappa shape index (κ3) is 9.93. The first-order valence-corrected chi connectivity index (χ1v) is 12.0.